The second kappa shape index (κ2) is 6.13. The molecular formula is C13H19NO3. The van der Waals surface area contributed by atoms with Crippen molar-refractivity contribution >= 4 is 11.7 Å². The molecule has 0 unspecified atom stereocenters. The molecule has 1 rings (SSSR count). The molecule has 2 N–H and O–H groups in total. The summed E-state index contributed by atoms with van der Waals surface area (Å²) in [6.45, 7) is 6.65. The molecule has 0 amide bonds. The van der Waals surface area contributed by atoms with Crippen molar-refractivity contribution in [3.63, 3.8) is 0 Å². The highest BCUT2D eigenvalue weighted by molar-refractivity contribution is 5.94. The zero-order valence-electron chi connectivity index (χ0n) is 10.5. The monoisotopic (exact) mass is 237 g/mol. The van der Waals surface area contributed by atoms with E-state index >= 15 is 0 Å². The zero-order valence-corrected chi connectivity index (χ0v) is 10.5. The molecule has 0 bridgehead atoms. The fourth-order valence-corrected chi connectivity index (χ4v) is 1.34. The van der Waals surface area contributed by atoms with Gasteiger partial charge in [0.2, 0.25) is 0 Å². The number of esters is 1. The van der Waals surface area contributed by atoms with Gasteiger partial charge in [-0.15, -0.1) is 0 Å². The van der Waals surface area contributed by atoms with E-state index < -0.39 is 5.97 Å². The number of anilines is 1. The Morgan fingerprint density at radius 1 is 1.41 bits per heavy atom. The average Bonchev–Trinajstić information content (AvgIpc) is 2.29. The highest BCUT2D eigenvalue weighted by Crippen LogP contribution is 2.27. The van der Waals surface area contributed by atoms with E-state index in [-0.39, 0.29) is 0 Å². The maximum atomic E-state index is 11.8. The minimum atomic E-state index is -0.394. The van der Waals surface area contributed by atoms with Crippen LogP contribution in [0, 0.1) is 5.92 Å². The van der Waals surface area contributed by atoms with Crippen LogP contribution in [-0.2, 0) is 4.74 Å². The number of rotatable bonds is 5. The van der Waals surface area contributed by atoms with Gasteiger partial charge in [0, 0.05) is 0 Å². The molecule has 0 aliphatic rings. The van der Waals surface area contributed by atoms with E-state index in [0.717, 1.165) is 0 Å². The molecule has 17 heavy (non-hydrogen) atoms. The molecule has 0 saturated heterocycles. The van der Waals surface area contributed by atoms with Crippen molar-refractivity contribution in [2.24, 2.45) is 5.92 Å². The van der Waals surface area contributed by atoms with Gasteiger partial charge in [-0.3, -0.25) is 0 Å². The molecule has 94 valence electrons. The standard InChI is InChI=1S/C13H19NO3/c1-4-16-12-10(6-5-7-11(12)14)13(15)17-8-9(2)3/h5-7,9H,4,8,14H2,1-3H3. The van der Waals surface area contributed by atoms with Gasteiger partial charge in [0.05, 0.1) is 18.9 Å². The highest BCUT2D eigenvalue weighted by Gasteiger charge is 2.16. The fraction of sp³-hybridized carbons (Fsp3) is 0.462. The number of para-hydroxylation sites is 1. The van der Waals surface area contributed by atoms with Crippen molar-refractivity contribution in [1.29, 1.82) is 0 Å². The van der Waals surface area contributed by atoms with Gasteiger partial charge in [-0.1, -0.05) is 19.9 Å². The Hall–Kier alpha value is -1.71. The molecule has 0 aliphatic carbocycles. The van der Waals surface area contributed by atoms with Crippen LogP contribution in [0.4, 0.5) is 5.69 Å². The van der Waals surface area contributed by atoms with Crippen LogP contribution in [0.2, 0.25) is 0 Å². The van der Waals surface area contributed by atoms with Crippen LogP contribution in [0.5, 0.6) is 5.75 Å². The highest BCUT2D eigenvalue weighted by atomic mass is 16.5. The first-order valence-corrected chi connectivity index (χ1v) is 5.74. The normalized spacial score (nSPS) is 10.4. The molecule has 0 aromatic heterocycles. The third-order valence-corrected chi connectivity index (χ3v) is 2.10. The molecule has 0 aliphatic heterocycles. The van der Waals surface area contributed by atoms with Gasteiger partial charge in [-0.05, 0) is 25.0 Å². The minimum absolute atomic E-state index is 0.301. The molecule has 0 heterocycles. The molecule has 0 fully saturated rings. The van der Waals surface area contributed by atoms with E-state index in [1.54, 1.807) is 18.2 Å². The molecule has 1 aromatic carbocycles. The summed E-state index contributed by atoms with van der Waals surface area (Å²) in [6.07, 6.45) is 0. The lowest BCUT2D eigenvalue weighted by atomic mass is 10.1. The molecule has 0 saturated carbocycles. The van der Waals surface area contributed by atoms with E-state index in [0.29, 0.717) is 36.1 Å². The number of nitrogen functional groups attached to an aromatic ring is 1. The van der Waals surface area contributed by atoms with Crippen molar-refractivity contribution in [2.75, 3.05) is 18.9 Å². The van der Waals surface area contributed by atoms with E-state index in [4.69, 9.17) is 15.2 Å². The van der Waals surface area contributed by atoms with E-state index in [1.807, 2.05) is 20.8 Å². The molecular weight excluding hydrogens is 218 g/mol. The smallest absolute Gasteiger partial charge is 0.342 e. The number of nitrogens with two attached hydrogens (primary N) is 1. The molecule has 1 aromatic rings. The second-order valence-electron chi connectivity index (χ2n) is 4.15. The van der Waals surface area contributed by atoms with E-state index in [9.17, 15) is 4.79 Å². The minimum Gasteiger partial charge on any atom is -0.491 e. The number of hydrogen-bond donors (Lipinski definition) is 1. The molecule has 0 spiro atoms. The molecule has 0 atom stereocenters. The maximum Gasteiger partial charge on any atom is 0.342 e. The summed E-state index contributed by atoms with van der Waals surface area (Å²) in [5.74, 6) is 0.314. The van der Waals surface area contributed by atoms with Gasteiger partial charge in [0.15, 0.2) is 5.75 Å². The van der Waals surface area contributed by atoms with Crippen LogP contribution in [0.15, 0.2) is 18.2 Å². The van der Waals surface area contributed by atoms with Crippen LogP contribution in [-0.4, -0.2) is 19.2 Å². The summed E-state index contributed by atoms with van der Waals surface area (Å²) in [7, 11) is 0. The number of carbonyl (C=O) groups is 1. The number of benzene rings is 1. The van der Waals surface area contributed by atoms with E-state index in [1.165, 1.54) is 0 Å². The third kappa shape index (κ3) is 3.66. The van der Waals surface area contributed by atoms with Crippen LogP contribution >= 0.6 is 0 Å². The van der Waals surface area contributed by atoms with Crippen LogP contribution in [0.25, 0.3) is 0 Å². The van der Waals surface area contributed by atoms with Gasteiger partial charge in [0.1, 0.15) is 5.56 Å². The zero-order chi connectivity index (χ0) is 12.8. The quantitative estimate of drug-likeness (QED) is 0.631. The predicted molar refractivity (Wildman–Crippen MR) is 67.1 cm³/mol. The lowest BCUT2D eigenvalue weighted by molar-refractivity contribution is 0.0455. The Balaban J connectivity index is 2.88. The fourth-order valence-electron chi connectivity index (χ4n) is 1.34. The summed E-state index contributed by atoms with van der Waals surface area (Å²) < 4.78 is 10.5. The van der Waals surface area contributed by atoms with Gasteiger partial charge < -0.3 is 15.2 Å². The van der Waals surface area contributed by atoms with Crippen molar-refractivity contribution in [1.82, 2.24) is 0 Å². The van der Waals surface area contributed by atoms with Crippen LogP contribution < -0.4 is 10.5 Å². The average molecular weight is 237 g/mol. The van der Waals surface area contributed by atoms with Gasteiger partial charge in [0.25, 0.3) is 0 Å². The Bertz CT molecular complexity index is 388. The summed E-state index contributed by atoms with van der Waals surface area (Å²) in [4.78, 5) is 11.8. The first-order chi connectivity index (χ1) is 8.06. The summed E-state index contributed by atoms with van der Waals surface area (Å²) >= 11 is 0. The van der Waals surface area contributed by atoms with Gasteiger partial charge in [-0.2, -0.15) is 0 Å². The van der Waals surface area contributed by atoms with Crippen molar-refractivity contribution < 1.29 is 14.3 Å². The lowest BCUT2D eigenvalue weighted by Gasteiger charge is -2.12. The predicted octanol–water partition coefficient (Wildman–Crippen LogP) is 2.48. The Labute approximate surface area is 102 Å². The Kier molecular flexibility index (Phi) is 4.82. The molecule has 0 radical (unpaired) electrons. The Morgan fingerprint density at radius 2 is 2.12 bits per heavy atom. The van der Waals surface area contributed by atoms with Crippen LogP contribution in [0.1, 0.15) is 31.1 Å². The maximum absolute atomic E-state index is 11.8. The van der Waals surface area contributed by atoms with Crippen molar-refractivity contribution in [2.45, 2.75) is 20.8 Å². The lowest BCUT2D eigenvalue weighted by Crippen LogP contribution is -2.12. The number of ether oxygens (including phenoxy) is 2. The van der Waals surface area contributed by atoms with Crippen LogP contribution in [0.3, 0.4) is 0 Å². The third-order valence-electron chi connectivity index (χ3n) is 2.10. The summed E-state index contributed by atoms with van der Waals surface area (Å²) in [5.41, 5.74) is 6.60. The van der Waals surface area contributed by atoms with Crippen molar-refractivity contribution in [3.05, 3.63) is 23.8 Å². The largest absolute Gasteiger partial charge is 0.491 e. The first-order valence-electron chi connectivity index (χ1n) is 5.74. The topological polar surface area (TPSA) is 61.5 Å². The Morgan fingerprint density at radius 3 is 2.71 bits per heavy atom. The van der Waals surface area contributed by atoms with Crippen molar-refractivity contribution in [3.8, 4) is 5.75 Å². The molecule has 4 heteroatoms. The van der Waals surface area contributed by atoms with Gasteiger partial charge in [-0.25, -0.2) is 4.79 Å². The summed E-state index contributed by atoms with van der Waals surface area (Å²) in [5, 5.41) is 0. The number of hydrogen-bond acceptors (Lipinski definition) is 4. The second-order valence-corrected chi connectivity index (χ2v) is 4.15. The molecule has 4 nitrogen and oxygen atoms in total. The number of carbonyl (C=O) groups excluding carboxylic acids is 1. The SMILES string of the molecule is CCOc1c(N)cccc1C(=O)OCC(C)C. The van der Waals surface area contributed by atoms with E-state index in [2.05, 4.69) is 0 Å². The van der Waals surface area contributed by atoms with Gasteiger partial charge >= 0.3 is 5.97 Å². The summed E-state index contributed by atoms with van der Waals surface area (Å²) in [6, 6.07) is 5.07. The first kappa shape index (κ1) is 13.4.